The van der Waals surface area contributed by atoms with E-state index in [1.165, 1.54) is 4.57 Å². The number of hydrogen-bond donors (Lipinski definition) is 4. The third-order valence-electron chi connectivity index (χ3n) is 7.97. The summed E-state index contributed by atoms with van der Waals surface area (Å²) in [5.41, 5.74) is 12.8. The lowest BCUT2D eigenvalue weighted by Crippen LogP contribution is -2.38. The van der Waals surface area contributed by atoms with Gasteiger partial charge in [-0.15, -0.1) is 0 Å². The summed E-state index contributed by atoms with van der Waals surface area (Å²) in [6.45, 7) is 9.72. The molecule has 9 nitrogen and oxygen atoms in total. The van der Waals surface area contributed by atoms with Crippen LogP contribution in [0.1, 0.15) is 55.1 Å². The van der Waals surface area contributed by atoms with Gasteiger partial charge in [0, 0.05) is 48.8 Å². The molecule has 0 bridgehead atoms. The minimum atomic E-state index is -0.365. The van der Waals surface area contributed by atoms with Gasteiger partial charge in [-0.1, -0.05) is 45.0 Å². The van der Waals surface area contributed by atoms with Gasteiger partial charge in [0.05, 0.1) is 23.2 Å². The highest BCUT2D eigenvalue weighted by Gasteiger charge is 2.20. The summed E-state index contributed by atoms with van der Waals surface area (Å²) < 4.78 is 1.49. The van der Waals surface area contributed by atoms with Crippen LogP contribution in [0, 0.1) is 6.92 Å². The van der Waals surface area contributed by atoms with Crippen molar-refractivity contribution in [3.05, 3.63) is 93.9 Å². The summed E-state index contributed by atoms with van der Waals surface area (Å²) in [4.78, 5) is 32.9. The van der Waals surface area contributed by atoms with Crippen molar-refractivity contribution in [2.75, 3.05) is 34.4 Å². The largest absolute Gasteiger partial charge is 0.397 e. The SMILES string of the molecule is Cc1c(NC(=O)c2ccc(C(C)(C)C)cc2)cccc1-c1cn(C)c(=O)c(Nc2ccc(N3CCCC(O)C3)c(N)c2)n1. The van der Waals surface area contributed by atoms with Crippen molar-refractivity contribution in [1.29, 1.82) is 0 Å². The Morgan fingerprint density at radius 3 is 2.51 bits per heavy atom. The lowest BCUT2D eigenvalue weighted by atomic mass is 9.86. The normalized spacial score (nSPS) is 15.3. The molecule has 0 radical (unpaired) electrons. The van der Waals surface area contributed by atoms with E-state index >= 15 is 0 Å². The van der Waals surface area contributed by atoms with Crippen molar-refractivity contribution < 1.29 is 9.90 Å². The van der Waals surface area contributed by atoms with Crippen molar-refractivity contribution >= 4 is 34.5 Å². The third kappa shape index (κ3) is 6.57. The second kappa shape index (κ2) is 11.9. The Morgan fingerprint density at radius 2 is 1.84 bits per heavy atom. The van der Waals surface area contributed by atoms with Crippen LogP contribution in [-0.4, -0.2) is 39.8 Å². The Morgan fingerprint density at radius 1 is 1.09 bits per heavy atom. The Labute approximate surface area is 252 Å². The fourth-order valence-electron chi connectivity index (χ4n) is 5.41. The molecule has 5 rings (SSSR count). The van der Waals surface area contributed by atoms with Gasteiger partial charge in [0.2, 0.25) is 0 Å². The molecule has 0 saturated carbocycles. The summed E-state index contributed by atoms with van der Waals surface area (Å²) in [7, 11) is 1.68. The number of anilines is 5. The Kier molecular flexibility index (Phi) is 8.28. The first-order chi connectivity index (χ1) is 20.4. The number of carbonyl (C=O) groups is 1. The smallest absolute Gasteiger partial charge is 0.293 e. The molecule has 5 N–H and O–H groups in total. The maximum absolute atomic E-state index is 13.1. The molecule has 0 spiro atoms. The van der Waals surface area contributed by atoms with E-state index < -0.39 is 0 Å². The number of nitrogens with two attached hydrogens (primary N) is 1. The molecule has 2 heterocycles. The molecule has 1 aliphatic rings. The third-order valence-corrected chi connectivity index (χ3v) is 7.97. The molecular formula is C34H40N6O3. The summed E-state index contributed by atoms with van der Waals surface area (Å²) in [6, 6.07) is 18.8. The maximum atomic E-state index is 13.1. The van der Waals surface area contributed by atoms with Crippen molar-refractivity contribution in [3.8, 4) is 11.3 Å². The number of nitrogens with zero attached hydrogens (tertiary/aromatic N) is 3. The number of carbonyl (C=O) groups excluding carboxylic acids is 1. The highest BCUT2D eigenvalue weighted by Crippen LogP contribution is 2.31. The predicted octanol–water partition coefficient (Wildman–Crippen LogP) is 5.59. The molecule has 9 heteroatoms. The Balaban J connectivity index is 1.38. The number of benzene rings is 3. The number of aromatic nitrogens is 2. The molecular weight excluding hydrogens is 540 g/mol. The standard InChI is InChI=1S/C34H40N6O3/c1-21-26(9-6-10-28(21)38-32(42)22-11-13-23(14-12-22)34(2,3)4)29-20-39(5)33(43)31(37-29)36-24-15-16-30(27(35)18-24)40-17-7-8-25(41)19-40/h6,9-16,18,20,25,41H,7-8,17,19,35H2,1-5H3,(H,36,37)(H,38,42). The van der Waals surface area contributed by atoms with Crippen LogP contribution >= 0.6 is 0 Å². The molecule has 1 fully saturated rings. The van der Waals surface area contributed by atoms with Crippen LogP contribution in [0.3, 0.4) is 0 Å². The van der Waals surface area contributed by atoms with Gasteiger partial charge in [-0.3, -0.25) is 9.59 Å². The molecule has 1 aliphatic heterocycles. The van der Waals surface area contributed by atoms with Gasteiger partial charge in [-0.25, -0.2) is 4.98 Å². The lowest BCUT2D eigenvalue weighted by Gasteiger charge is -2.32. The van der Waals surface area contributed by atoms with E-state index in [2.05, 4.69) is 41.3 Å². The van der Waals surface area contributed by atoms with Crippen LogP contribution in [0.25, 0.3) is 11.3 Å². The first kappa shape index (κ1) is 29.8. The van der Waals surface area contributed by atoms with Crippen LogP contribution in [0.5, 0.6) is 0 Å². The predicted molar refractivity (Wildman–Crippen MR) is 174 cm³/mol. The van der Waals surface area contributed by atoms with Gasteiger partial charge in [0.1, 0.15) is 0 Å². The number of hydrogen-bond acceptors (Lipinski definition) is 7. The summed E-state index contributed by atoms with van der Waals surface area (Å²) in [5.74, 6) is -0.0371. The molecule has 0 aliphatic carbocycles. The average molecular weight is 581 g/mol. The van der Waals surface area contributed by atoms with Crippen LogP contribution < -0.4 is 26.8 Å². The lowest BCUT2D eigenvalue weighted by molar-refractivity contribution is 0.102. The van der Waals surface area contributed by atoms with Crippen LogP contribution in [0.4, 0.5) is 28.6 Å². The van der Waals surface area contributed by atoms with Gasteiger partial charge in [-0.2, -0.15) is 0 Å². The van der Waals surface area contributed by atoms with E-state index in [0.717, 1.165) is 41.8 Å². The topological polar surface area (TPSA) is 126 Å². The van der Waals surface area contributed by atoms with Gasteiger partial charge >= 0.3 is 0 Å². The minimum absolute atomic E-state index is 0.00401. The second-order valence-corrected chi connectivity index (χ2v) is 12.3. The molecule has 1 aromatic heterocycles. The average Bonchev–Trinajstić information content (AvgIpc) is 2.96. The van der Waals surface area contributed by atoms with Crippen molar-refractivity contribution in [3.63, 3.8) is 0 Å². The summed E-state index contributed by atoms with van der Waals surface area (Å²) in [5, 5.41) is 16.2. The number of amides is 1. The minimum Gasteiger partial charge on any atom is -0.397 e. The quantitative estimate of drug-likeness (QED) is 0.219. The van der Waals surface area contributed by atoms with Gasteiger partial charge in [0.25, 0.3) is 11.5 Å². The second-order valence-electron chi connectivity index (χ2n) is 12.3. The zero-order valence-electron chi connectivity index (χ0n) is 25.4. The van der Waals surface area contributed by atoms with Gasteiger partial charge in [0.15, 0.2) is 5.82 Å². The number of nitrogens with one attached hydrogen (secondary N) is 2. The van der Waals surface area contributed by atoms with Crippen molar-refractivity contribution in [2.45, 2.75) is 52.1 Å². The Bertz CT molecular complexity index is 1710. The molecule has 43 heavy (non-hydrogen) atoms. The molecule has 1 saturated heterocycles. The zero-order valence-corrected chi connectivity index (χ0v) is 25.4. The van der Waals surface area contributed by atoms with E-state index in [4.69, 9.17) is 5.73 Å². The Hall–Kier alpha value is -4.63. The number of piperidine rings is 1. The molecule has 4 aromatic rings. The maximum Gasteiger partial charge on any atom is 0.293 e. The van der Waals surface area contributed by atoms with Crippen molar-refractivity contribution in [1.82, 2.24) is 9.55 Å². The highest BCUT2D eigenvalue weighted by molar-refractivity contribution is 6.05. The van der Waals surface area contributed by atoms with E-state index in [-0.39, 0.29) is 28.8 Å². The monoisotopic (exact) mass is 580 g/mol. The number of aliphatic hydroxyl groups excluding tert-OH is 1. The molecule has 1 amide bonds. The summed E-state index contributed by atoms with van der Waals surface area (Å²) >= 11 is 0. The number of aliphatic hydroxyl groups is 1. The van der Waals surface area contributed by atoms with Crippen LogP contribution in [-0.2, 0) is 12.5 Å². The fourth-order valence-corrected chi connectivity index (χ4v) is 5.41. The van der Waals surface area contributed by atoms with E-state index in [1.807, 2.05) is 61.5 Å². The number of nitrogen functional groups attached to an aromatic ring is 1. The molecule has 1 atom stereocenters. The molecule has 3 aromatic carbocycles. The number of β-amino-alcohol motifs (C(OH)–C–C–N with tert-alkyl or cyclic N) is 1. The van der Waals surface area contributed by atoms with Gasteiger partial charge < -0.3 is 30.9 Å². The van der Waals surface area contributed by atoms with E-state index in [1.54, 1.807) is 19.3 Å². The van der Waals surface area contributed by atoms with E-state index in [0.29, 0.717) is 34.9 Å². The first-order valence-electron chi connectivity index (χ1n) is 14.6. The molecule has 224 valence electrons. The first-order valence-corrected chi connectivity index (χ1v) is 14.6. The number of aryl methyl sites for hydroxylation is 1. The van der Waals surface area contributed by atoms with Crippen LogP contribution in [0.2, 0.25) is 0 Å². The van der Waals surface area contributed by atoms with Crippen molar-refractivity contribution in [2.24, 2.45) is 7.05 Å². The number of rotatable bonds is 6. The fraction of sp³-hybridized carbons (Fsp3) is 0.324. The van der Waals surface area contributed by atoms with Gasteiger partial charge in [-0.05, 0) is 72.7 Å². The van der Waals surface area contributed by atoms with E-state index in [9.17, 15) is 14.7 Å². The van der Waals surface area contributed by atoms with Crippen LogP contribution in [0.15, 0.2) is 71.7 Å². The molecule has 1 unspecified atom stereocenters. The highest BCUT2D eigenvalue weighted by atomic mass is 16.3. The summed E-state index contributed by atoms with van der Waals surface area (Å²) in [6.07, 6.45) is 3.02. The zero-order chi connectivity index (χ0) is 30.9.